The van der Waals surface area contributed by atoms with Crippen LogP contribution in [0.25, 0.3) is 16.6 Å². The van der Waals surface area contributed by atoms with E-state index in [4.69, 9.17) is 0 Å². The summed E-state index contributed by atoms with van der Waals surface area (Å²) in [5, 5.41) is 12.6. The van der Waals surface area contributed by atoms with Gasteiger partial charge in [0.15, 0.2) is 0 Å². The maximum absolute atomic E-state index is 13.3. The van der Waals surface area contributed by atoms with E-state index in [-0.39, 0.29) is 0 Å². The van der Waals surface area contributed by atoms with Gasteiger partial charge < -0.3 is 4.90 Å². The number of anilines is 1. The maximum atomic E-state index is 13.3. The van der Waals surface area contributed by atoms with E-state index < -0.39 is 16.2 Å². The number of benzene rings is 3. The zero-order chi connectivity index (χ0) is 20.4. The largest absolute Gasteiger partial charge is 0.364 e. The summed E-state index contributed by atoms with van der Waals surface area (Å²) in [6.45, 7) is 0.445. The number of pyridine rings is 1. The first-order valence-electron chi connectivity index (χ1n) is 9.20. The second-order valence-electron chi connectivity index (χ2n) is 6.79. The topological polar surface area (TPSA) is 68.4 Å². The Bertz CT molecular complexity index is 1230. The lowest BCUT2D eigenvalue weighted by Crippen LogP contribution is -2.27. The molecule has 6 heteroatoms. The Labute approximate surface area is 167 Å². The molecular formula is C23H19N3O3. The monoisotopic (exact) mass is 385 g/mol. The SMILES string of the molecule is CN(Cc1ccccc1)c1c([N+](=O)[O-])c(=O)n(-c2ccccc2)c2ccccc12. The van der Waals surface area contributed by atoms with Gasteiger partial charge >= 0.3 is 11.2 Å². The molecule has 0 aliphatic rings. The molecule has 0 radical (unpaired) electrons. The predicted molar refractivity (Wildman–Crippen MR) is 115 cm³/mol. The van der Waals surface area contributed by atoms with Crippen LogP contribution in [0, 0.1) is 10.1 Å². The molecule has 0 aliphatic carbocycles. The van der Waals surface area contributed by atoms with E-state index in [0.29, 0.717) is 28.8 Å². The standard InChI is InChI=1S/C23H19N3O3/c1-24(16-17-10-4-2-5-11-17)21-19-14-8-9-15-20(19)25(18-12-6-3-7-13-18)23(27)22(21)26(28)29/h2-15H,16H2,1H3. The van der Waals surface area contributed by atoms with Crippen LogP contribution in [0.3, 0.4) is 0 Å². The fourth-order valence-corrected chi connectivity index (χ4v) is 3.63. The number of nitrogens with zero attached hydrogens (tertiary/aromatic N) is 3. The highest BCUT2D eigenvalue weighted by Gasteiger charge is 2.28. The van der Waals surface area contributed by atoms with Gasteiger partial charge in [0.2, 0.25) is 0 Å². The van der Waals surface area contributed by atoms with E-state index in [1.54, 1.807) is 36.2 Å². The van der Waals surface area contributed by atoms with Crippen LogP contribution in [0.15, 0.2) is 89.7 Å². The summed E-state index contributed by atoms with van der Waals surface area (Å²) in [5.41, 5.74) is 1.48. The molecule has 0 spiro atoms. The molecule has 0 fully saturated rings. The van der Waals surface area contributed by atoms with Crippen LogP contribution in [0.2, 0.25) is 0 Å². The van der Waals surface area contributed by atoms with Crippen molar-refractivity contribution in [1.82, 2.24) is 4.57 Å². The van der Waals surface area contributed by atoms with Crippen molar-refractivity contribution in [2.24, 2.45) is 0 Å². The summed E-state index contributed by atoms with van der Waals surface area (Å²) in [6, 6.07) is 25.9. The maximum Gasteiger partial charge on any atom is 0.358 e. The summed E-state index contributed by atoms with van der Waals surface area (Å²) >= 11 is 0. The molecule has 0 aliphatic heterocycles. The van der Waals surface area contributed by atoms with Gasteiger partial charge in [0.25, 0.3) is 0 Å². The van der Waals surface area contributed by atoms with Crippen molar-refractivity contribution in [2.75, 3.05) is 11.9 Å². The third-order valence-corrected chi connectivity index (χ3v) is 4.87. The second-order valence-corrected chi connectivity index (χ2v) is 6.79. The van der Waals surface area contributed by atoms with E-state index >= 15 is 0 Å². The van der Waals surface area contributed by atoms with E-state index in [1.807, 2.05) is 60.7 Å². The Morgan fingerprint density at radius 1 is 0.897 bits per heavy atom. The average molecular weight is 385 g/mol. The molecule has 144 valence electrons. The lowest BCUT2D eigenvalue weighted by atomic mass is 10.1. The Balaban J connectivity index is 2.01. The molecule has 3 aromatic carbocycles. The van der Waals surface area contributed by atoms with Gasteiger partial charge in [-0.15, -0.1) is 0 Å². The fourth-order valence-electron chi connectivity index (χ4n) is 3.63. The van der Waals surface area contributed by atoms with E-state index in [0.717, 1.165) is 5.56 Å². The molecule has 0 atom stereocenters. The molecule has 0 unspecified atom stereocenters. The molecule has 29 heavy (non-hydrogen) atoms. The van der Waals surface area contributed by atoms with Crippen molar-refractivity contribution in [2.45, 2.75) is 6.54 Å². The van der Waals surface area contributed by atoms with Crippen LogP contribution >= 0.6 is 0 Å². The lowest BCUT2D eigenvalue weighted by molar-refractivity contribution is -0.385. The van der Waals surface area contributed by atoms with Crippen LogP contribution in [0.1, 0.15) is 5.56 Å². The molecule has 6 nitrogen and oxygen atoms in total. The van der Waals surface area contributed by atoms with Gasteiger partial charge in [0.05, 0.1) is 10.4 Å². The highest BCUT2D eigenvalue weighted by molar-refractivity contribution is 5.97. The van der Waals surface area contributed by atoms with Crippen LogP contribution in [0.4, 0.5) is 11.4 Å². The van der Waals surface area contributed by atoms with Crippen LogP contribution in [-0.4, -0.2) is 16.5 Å². The van der Waals surface area contributed by atoms with Crippen molar-refractivity contribution in [1.29, 1.82) is 0 Å². The van der Waals surface area contributed by atoms with Crippen molar-refractivity contribution >= 4 is 22.3 Å². The van der Waals surface area contributed by atoms with Crippen molar-refractivity contribution in [3.8, 4) is 5.69 Å². The molecule has 1 heterocycles. The first kappa shape index (κ1) is 18.4. The second kappa shape index (κ2) is 7.59. The Morgan fingerprint density at radius 3 is 2.14 bits per heavy atom. The first-order chi connectivity index (χ1) is 14.1. The number of nitro groups is 1. The Morgan fingerprint density at radius 2 is 1.48 bits per heavy atom. The van der Waals surface area contributed by atoms with Crippen molar-refractivity contribution < 1.29 is 4.92 Å². The van der Waals surface area contributed by atoms with E-state index in [2.05, 4.69) is 0 Å². The van der Waals surface area contributed by atoms with E-state index in [1.165, 1.54) is 4.57 Å². The van der Waals surface area contributed by atoms with Gasteiger partial charge in [-0.1, -0.05) is 66.7 Å². The minimum atomic E-state index is -0.644. The smallest absolute Gasteiger partial charge is 0.358 e. The Kier molecular flexibility index (Phi) is 4.83. The Hall–Kier alpha value is -3.93. The summed E-state index contributed by atoms with van der Waals surface area (Å²) < 4.78 is 1.41. The first-order valence-corrected chi connectivity index (χ1v) is 9.20. The summed E-state index contributed by atoms with van der Waals surface area (Å²) in [4.78, 5) is 26.5. The van der Waals surface area contributed by atoms with Gasteiger partial charge in [-0.25, -0.2) is 0 Å². The van der Waals surface area contributed by atoms with Crippen molar-refractivity contribution in [3.05, 3.63) is 111 Å². The minimum Gasteiger partial charge on any atom is -0.364 e. The summed E-state index contributed by atoms with van der Waals surface area (Å²) in [5.74, 6) is 0. The van der Waals surface area contributed by atoms with Crippen LogP contribution in [0.5, 0.6) is 0 Å². The highest BCUT2D eigenvalue weighted by Crippen LogP contribution is 2.34. The molecule has 0 N–H and O–H groups in total. The average Bonchev–Trinajstić information content (AvgIpc) is 2.74. The van der Waals surface area contributed by atoms with Crippen LogP contribution < -0.4 is 10.5 Å². The lowest BCUT2D eigenvalue weighted by Gasteiger charge is -2.22. The van der Waals surface area contributed by atoms with E-state index in [9.17, 15) is 14.9 Å². The number of hydrogen-bond donors (Lipinski definition) is 0. The predicted octanol–water partition coefficient (Wildman–Crippen LogP) is 4.54. The summed E-state index contributed by atoms with van der Waals surface area (Å²) in [6.07, 6.45) is 0. The normalized spacial score (nSPS) is 10.8. The number of fused-ring (bicyclic) bond motifs is 1. The molecule has 0 bridgehead atoms. The minimum absolute atomic E-state index is 0.326. The molecule has 4 aromatic rings. The number of rotatable bonds is 5. The van der Waals surface area contributed by atoms with Gasteiger partial charge in [0.1, 0.15) is 5.69 Å². The molecule has 1 aromatic heterocycles. The van der Waals surface area contributed by atoms with Gasteiger partial charge in [0, 0.05) is 24.7 Å². The van der Waals surface area contributed by atoms with Crippen molar-refractivity contribution in [3.63, 3.8) is 0 Å². The van der Waals surface area contributed by atoms with Gasteiger partial charge in [-0.05, 0) is 23.8 Å². The third-order valence-electron chi connectivity index (χ3n) is 4.87. The number of aromatic nitrogens is 1. The van der Waals surface area contributed by atoms with Gasteiger partial charge in [-0.3, -0.25) is 19.5 Å². The van der Waals surface area contributed by atoms with Gasteiger partial charge in [-0.2, -0.15) is 0 Å². The summed E-state index contributed by atoms with van der Waals surface area (Å²) in [7, 11) is 1.77. The number of hydrogen-bond acceptors (Lipinski definition) is 4. The quantitative estimate of drug-likeness (QED) is 0.374. The highest BCUT2D eigenvalue weighted by atomic mass is 16.6. The molecule has 0 saturated heterocycles. The molecular weight excluding hydrogens is 366 g/mol. The third kappa shape index (κ3) is 3.36. The van der Waals surface area contributed by atoms with Crippen LogP contribution in [-0.2, 0) is 6.54 Å². The number of para-hydroxylation sites is 2. The molecule has 0 amide bonds. The zero-order valence-corrected chi connectivity index (χ0v) is 15.9. The molecule has 4 rings (SSSR count). The zero-order valence-electron chi connectivity index (χ0n) is 15.9. The fraction of sp³-hybridized carbons (Fsp3) is 0.0870. The molecule has 0 saturated carbocycles.